The van der Waals surface area contributed by atoms with Crippen LogP contribution in [0.5, 0.6) is 0 Å². The molecule has 138 valence electrons. The van der Waals surface area contributed by atoms with Gasteiger partial charge in [-0.2, -0.15) is 13.2 Å². The first-order chi connectivity index (χ1) is 12.5. The molecule has 0 spiro atoms. The van der Waals surface area contributed by atoms with Gasteiger partial charge >= 0.3 is 6.18 Å². The number of hydrogen-bond acceptors (Lipinski definition) is 5. The average Bonchev–Trinajstić information content (AvgIpc) is 3.21. The molecule has 1 aliphatic heterocycles. The number of alkyl halides is 3. The molecule has 0 bridgehead atoms. The van der Waals surface area contributed by atoms with E-state index in [0.717, 1.165) is 17.4 Å². The molecule has 0 amide bonds. The molecule has 1 fully saturated rings. The van der Waals surface area contributed by atoms with Gasteiger partial charge in [0.25, 0.3) is 0 Å². The minimum Gasteiger partial charge on any atom is -0.381 e. The molecule has 7 nitrogen and oxygen atoms in total. The van der Waals surface area contributed by atoms with Gasteiger partial charge in [0, 0.05) is 19.8 Å². The van der Waals surface area contributed by atoms with E-state index < -0.39 is 12.0 Å². The van der Waals surface area contributed by atoms with Crippen molar-refractivity contribution in [1.82, 2.24) is 29.8 Å². The van der Waals surface area contributed by atoms with Crippen LogP contribution < -0.4 is 0 Å². The van der Waals surface area contributed by atoms with Gasteiger partial charge in [-0.25, -0.2) is 9.67 Å². The van der Waals surface area contributed by atoms with E-state index in [0.29, 0.717) is 42.5 Å². The van der Waals surface area contributed by atoms with Crippen LogP contribution in [0.1, 0.15) is 24.5 Å². The lowest BCUT2D eigenvalue weighted by Gasteiger charge is -2.22. The quantitative estimate of drug-likeness (QED) is 0.710. The molecule has 3 aromatic rings. The van der Waals surface area contributed by atoms with E-state index in [9.17, 15) is 13.2 Å². The summed E-state index contributed by atoms with van der Waals surface area (Å²) < 4.78 is 48.4. The molecular weight excluding hydrogens is 349 g/mol. The van der Waals surface area contributed by atoms with Crippen molar-refractivity contribution in [1.29, 1.82) is 0 Å². The maximum Gasteiger partial charge on any atom is 0.449 e. The van der Waals surface area contributed by atoms with Crippen molar-refractivity contribution >= 4 is 11.0 Å². The van der Waals surface area contributed by atoms with Gasteiger partial charge in [-0.3, -0.25) is 0 Å². The Balaban J connectivity index is 1.67. The monoisotopic (exact) mass is 366 g/mol. The van der Waals surface area contributed by atoms with Crippen LogP contribution in [0.3, 0.4) is 0 Å². The number of imidazole rings is 1. The molecule has 0 aliphatic carbocycles. The van der Waals surface area contributed by atoms with Gasteiger partial charge in [0.15, 0.2) is 5.82 Å². The van der Waals surface area contributed by atoms with Gasteiger partial charge in [-0.1, -0.05) is 12.1 Å². The van der Waals surface area contributed by atoms with Crippen LogP contribution in [0.4, 0.5) is 13.2 Å². The number of benzene rings is 1. The van der Waals surface area contributed by atoms with Crippen molar-refractivity contribution in [3.05, 3.63) is 35.9 Å². The van der Waals surface area contributed by atoms with Crippen molar-refractivity contribution in [2.45, 2.75) is 32.1 Å². The Labute approximate surface area is 146 Å². The SMILES string of the molecule is FC(F)(F)c1nc2ccccc2n1Cc1nnnn1CC1CCOCC1. The molecule has 1 saturated heterocycles. The number of para-hydroxylation sites is 2. The summed E-state index contributed by atoms with van der Waals surface area (Å²) in [6, 6.07) is 6.52. The third kappa shape index (κ3) is 3.28. The lowest BCUT2D eigenvalue weighted by atomic mass is 10.0. The first kappa shape index (κ1) is 17.0. The number of tetrazole rings is 1. The number of hydrogen-bond donors (Lipinski definition) is 0. The minimum atomic E-state index is -4.56. The summed E-state index contributed by atoms with van der Waals surface area (Å²) in [5.41, 5.74) is 0.698. The van der Waals surface area contributed by atoms with Crippen LogP contribution in [0.15, 0.2) is 24.3 Å². The number of rotatable bonds is 4. The zero-order valence-corrected chi connectivity index (χ0v) is 13.9. The zero-order chi connectivity index (χ0) is 18.1. The Hall–Kier alpha value is -2.49. The van der Waals surface area contributed by atoms with E-state index in [-0.39, 0.29) is 6.54 Å². The van der Waals surface area contributed by atoms with Crippen LogP contribution in [-0.2, 0) is 24.0 Å². The van der Waals surface area contributed by atoms with Crippen LogP contribution in [0.25, 0.3) is 11.0 Å². The first-order valence-corrected chi connectivity index (χ1v) is 8.37. The Bertz CT molecular complexity index is 897. The molecule has 26 heavy (non-hydrogen) atoms. The lowest BCUT2D eigenvalue weighted by molar-refractivity contribution is -0.146. The molecule has 1 aromatic carbocycles. The summed E-state index contributed by atoms with van der Waals surface area (Å²) in [6.07, 6.45) is -2.78. The second-order valence-corrected chi connectivity index (χ2v) is 6.34. The van der Waals surface area contributed by atoms with Gasteiger partial charge in [-0.15, -0.1) is 5.10 Å². The van der Waals surface area contributed by atoms with Crippen molar-refractivity contribution in [3.8, 4) is 0 Å². The topological polar surface area (TPSA) is 70.7 Å². The summed E-state index contributed by atoms with van der Waals surface area (Å²) in [5.74, 6) is -0.211. The zero-order valence-electron chi connectivity index (χ0n) is 13.9. The fraction of sp³-hybridized carbons (Fsp3) is 0.500. The molecule has 0 radical (unpaired) electrons. The van der Waals surface area contributed by atoms with E-state index in [1.165, 1.54) is 0 Å². The van der Waals surface area contributed by atoms with Crippen molar-refractivity contribution < 1.29 is 17.9 Å². The third-order valence-corrected chi connectivity index (χ3v) is 4.59. The largest absolute Gasteiger partial charge is 0.449 e. The van der Waals surface area contributed by atoms with Gasteiger partial charge in [0.05, 0.1) is 17.6 Å². The molecule has 3 heterocycles. The standard InChI is InChI=1S/C16H17F3N6O/c17-16(18,19)15-20-12-3-1-2-4-13(12)24(15)10-14-21-22-23-25(14)9-11-5-7-26-8-6-11/h1-4,11H,5-10H2. The fourth-order valence-corrected chi connectivity index (χ4v) is 3.25. The summed E-state index contributed by atoms with van der Waals surface area (Å²) in [6.45, 7) is 1.85. The van der Waals surface area contributed by atoms with Crippen LogP contribution in [-0.4, -0.2) is 43.0 Å². The highest BCUT2D eigenvalue weighted by Gasteiger charge is 2.38. The average molecular weight is 366 g/mol. The van der Waals surface area contributed by atoms with Crippen molar-refractivity contribution in [2.24, 2.45) is 5.92 Å². The van der Waals surface area contributed by atoms with E-state index >= 15 is 0 Å². The Morgan fingerprint density at radius 3 is 2.69 bits per heavy atom. The summed E-state index contributed by atoms with van der Waals surface area (Å²) in [5, 5.41) is 11.6. The van der Waals surface area contributed by atoms with Gasteiger partial charge < -0.3 is 9.30 Å². The number of ether oxygens (including phenoxy) is 1. The minimum absolute atomic E-state index is 0.0917. The normalized spacial score (nSPS) is 16.4. The number of halogens is 3. The smallest absolute Gasteiger partial charge is 0.381 e. The molecule has 0 atom stereocenters. The number of nitrogens with zero attached hydrogens (tertiary/aromatic N) is 6. The van der Waals surface area contributed by atoms with Crippen LogP contribution >= 0.6 is 0 Å². The Morgan fingerprint density at radius 2 is 1.92 bits per heavy atom. The number of fused-ring (bicyclic) bond motifs is 1. The maximum atomic E-state index is 13.4. The first-order valence-electron chi connectivity index (χ1n) is 8.37. The van der Waals surface area contributed by atoms with Crippen LogP contribution in [0, 0.1) is 5.92 Å². The van der Waals surface area contributed by atoms with E-state index in [2.05, 4.69) is 20.5 Å². The molecule has 0 saturated carbocycles. The molecule has 0 N–H and O–H groups in total. The number of aromatic nitrogens is 6. The highest BCUT2D eigenvalue weighted by Crippen LogP contribution is 2.32. The highest BCUT2D eigenvalue weighted by molar-refractivity contribution is 5.76. The molecule has 0 unspecified atom stereocenters. The van der Waals surface area contributed by atoms with Crippen LogP contribution in [0.2, 0.25) is 0 Å². The summed E-state index contributed by atoms with van der Waals surface area (Å²) in [4.78, 5) is 3.75. The second kappa shape index (κ2) is 6.67. The van der Waals surface area contributed by atoms with E-state index in [4.69, 9.17) is 4.74 Å². The van der Waals surface area contributed by atoms with Gasteiger partial charge in [0.1, 0.15) is 0 Å². The van der Waals surface area contributed by atoms with E-state index in [1.807, 2.05) is 0 Å². The maximum absolute atomic E-state index is 13.4. The fourth-order valence-electron chi connectivity index (χ4n) is 3.25. The Morgan fingerprint density at radius 1 is 1.15 bits per heavy atom. The van der Waals surface area contributed by atoms with Crippen molar-refractivity contribution in [2.75, 3.05) is 13.2 Å². The van der Waals surface area contributed by atoms with E-state index in [1.54, 1.807) is 28.9 Å². The predicted molar refractivity (Wildman–Crippen MR) is 85.2 cm³/mol. The van der Waals surface area contributed by atoms with Gasteiger partial charge in [0.2, 0.25) is 5.82 Å². The third-order valence-electron chi connectivity index (χ3n) is 4.59. The van der Waals surface area contributed by atoms with Gasteiger partial charge in [-0.05, 0) is 41.3 Å². The second-order valence-electron chi connectivity index (χ2n) is 6.34. The molecule has 10 heteroatoms. The predicted octanol–water partition coefficient (Wildman–Crippen LogP) is 2.52. The van der Waals surface area contributed by atoms with Crippen molar-refractivity contribution in [3.63, 3.8) is 0 Å². The lowest BCUT2D eigenvalue weighted by Crippen LogP contribution is -2.23. The molecule has 2 aromatic heterocycles. The molecular formula is C16H17F3N6O. The highest BCUT2D eigenvalue weighted by atomic mass is 19.4. The molecule has 1 aliphatic rings. The summed E-state index contributed by atoms with van der Waals surface area (Å²) >= 11 is 0. The molecule has 4 rings (SSSR count). The summed E-state index contributed by atoms with van der Waals surface area (Å²) in [7, 11) is 0. The Kier molecular flexibility index (Phi) is 4.35.